The lowest BCUT2D eigenvalue weighted by Gasteiger charge is -2.10. The molecule has 0 aliphatic rings. The zero-order valence-corrected chi connectivity index (χ0v) is 16.4. The molecule has 29 heavy (non-hydrogen) atoms. The van der Waals surface area contributed by atoms with Gasteiger partial charge in [-0.15, -0.1) is 0 Å². The number of aliphatic hydroxyl groups is 1. The molecule has 0 aliphatic heterocycles. The third kappa shape index (κ3) is 6.53. The van der Waals surface area contributed by atoms with Gasteiger partial charge in [-0.2, -0.15) is 0 Å². The number of para-hydroxylation sites is 1. The molecule has 6 heteroatoms. The highest BCUT2D eigenvalue weighted by atomic mass is 19.1. The molecule has 0 saturated heterocycles. The second-order valence-electron chi connectivity index (χ2n) is 6.12. The van der Waals surface area contributed by atoms with E-state index in [9.17, 15) is 19.4 Å². The van der Waals surface area contributed by atoms with Gasteiger partial charge in [-0.1, -0.05) is 30.3 Å². The number of aromatic hydroxyl groups is 1. The van der Waals surface area contributed by atoms with Crippen LogP contribution in [0.25, 0.3) is 0 Å². The molecule has 5 nitrogen and oxygen atoms in total. The fourth-order valence-corrected chi connectivity index (χ4v) is 2.51. The second kappa shape index (κ2) is 10.7. The van der Waals surface area contributed by atoms with E-state index >= 15 is 0 Å². The molecule has 0 spiro atoms. The highest BCUT2D eigenvalue weighted by Crippen LogP contribution is 2.21. The number of ether oxygens (including phenoxy) is 1. The molecular weight excluding hydrogens is 373 g/mol. The Labute approximate surface area is 169 Å². The van der Waals surface area contributed by atoms with E-state index in [-0.39, 0.29) is 11.3 Å². The van der Waals surface area contributed by atoms with Crippen LogP contribution in [0.4, 0.5) is 10.1 Å². The van der Waals surface area contributed by atoms with E-state index in [1.807, 2.05) is 12.1 Å². The van der Waals surface area contributed by atoms with E-state index < -0.39 is 17.5 Å². The number of amides is 1. The number of hydrogen-bond donors (Lipinski definition) is 3. The van der Waals surface area contributed by atoms with Crippen molar-refractivity contribution in [2.45, 2.75) is 20.3 Å². The monoisotopic (exact) mass is 397 g/mol. The second-order valence-corrected chi connectivity index (χ2v) is 6.12. The van der Waals surface area contributed by atoms with E-state index in [2.05, 4.69) is 5.32 Å². The van der Waals surface area contributed by atoms with Crippen molar-refractivity contribution in [3.05, 3.63) is 89.5 Å². The predicted molar refractivity (Wildman–Crippen MR) is 112 cm³/mol. The van der Waals surface area contributed by atoms with Crippen LogP contribution in [-0.2, 0) is 11.2 Å². The molecule has 0 unspecified atom stereocenters. The van der Waals surface area contributed by atoms with Gasteiger partial charge in [0.2, 0.25) is 0 Å². The highest BCUT2D eigenvalue weighted by molar-refractivity contribution is 6.05. The lowest BCUT2D eigenvalue weighted by molar-refractivity contribution is -0.112. The predicted octanol–water partition coefficient (Wildman–Crippen LogP) is 5.21. The number of carbonyl (C=O) groups is 1. The normalized spacial score (nSPS) is 12.6. The van der Waals surface area contributed by atoms with Crippen molar-refractivity contribution in [1.29, 1.82) is 0 Å². The molecule has 0 bridgehead atoms. The molecule has 0 fully saturated rings. The van der Waals surface area contributed by atoms with Gasteiger partial charge in [0.25, 0.3) is 5.91 Å². The maximum Gasteiger partial charge on any atom is 0.255 e. The molecule has 1 amide bonds. The van der Waals surface area contributed by atoms with E-state index in [1.165, 1.54) is 13.0 Å². The number of phenolic OH excluding ortho intramolecular Hbond substituents is 1. The van der Waals surface area contributed by atoms with Gasteiger partial charge in [-0.3, -0.25) is 4.79 Å². The largest absolute Gasteiger partial charge is 0.508 e. The Morgan fingerprint density at radius 1 is 1.14 bits per heavy atom. The number of rotatable bonds is 8. The fraction of sp³-hybridized carbons (Fsp3) is 0.174. The number of phenols is 1. The summed E-state index contributed by atoms with van der Waals surface area (Å²) < 4.78 is 19.1. The van der Waals surface area contributed by atoms with E-state index in [0.717, 1.165) is 17.7 Å². The van der Waals surface area contributed by atoms with Crippen molar-refractivity contribution in [3.63, 3.8) is 0 Å². The molecule has 0 atom stereocenters. The van der Waals surface area contributed by atoms with Crippen molar-refractivity contribution < 1.29 is 24.1 Å². The maximum absolute atomic E-state index is 13.4. The molecule has 3 N–H and O–H groups in total. The zero-order valence-electron chi connectivity index (χ0n) is 16.4. The Hall–Kier alpha value is -3.54. The molecule has 0 heterocycles. The van der Waals surface area contributed by atoms with Gasteiger partial charge in [0.1, 0.15) is 11.5 Å². The molecule has 0 aromatic heterocycles. The number of allylic oxidation sites excluding steroid dienone is 3. The van der Waals surface area contributed by atoms with E-state index in [0.29, 0.717) is 24.5 Å². The zero-order chi connectivity index (χ0) is 21.2. The fourth-order valence-electron chi connectivity index (χ4n) is 2.51. The van der Waals surface area contributed by atoms with Crippen LogP contribution in [0.5, 0.6) is 11.5 Å². The first-order valence-electron chi connectivity index (χ1n) is 9.14. The summed E-state index contributed by atoms with van der Waals surface area (Å²) in [6.07, 6.45) is 4.18. The van der Waals surface area contributed by atoms with Crippen molar-refractivity contribution in [2.24, 2.45) is 0 Å². The molecule has 0 radical (unpaired) electrons. The smallest absolute Gasteiger partial charge is 0.255 e. The van der Waals surface area contributed by atoms with Gasteiger partial charge in [0, 0.05) is 23.7 Å². The number of anilines is 1. The topological polar surface area (TPSA) is 78.8 Å². The minimum Gasteiger partial charge on any atom is -0.508 e. The van der Waals surface area contributed by atoms with Gasteiger partial charge in [0.15, 0.2) is 11.6 Å². The minimum absolute atomic E-state index is 0.116. The lowest BCUT2D eigenvalue weighted by Crippen LogP contribution is -2.13. The highest BCUT2D eigenvalue weighted by Gasteiger charge is 2.10. The first-order chi connectivity index (χ1) is 13.9. The van der Waals surface area contributed by atoms with Gasteiger partial charge in [0.05, 0.1) is 6.61 Å². The van der Waals surface area contributed by atoms with Gasteiger partial charge >= 0.3 is 0 Å². The standard InChI is InChI=1S/C23H24FNO4/c1-3-16(14-22(27)20(24)4-2)23(28)25-18-9-7-10-19(15-18)29-13-12-17-8-5-6-11-21(17)26/h3-11,14-15,26-27H,12-13H2,1-2H3,(H,25,28)/b16-3-,20-4+,22-14+. The van der Waals surface area contributed by atoms with Crippen LogP contribution in [0.2, 0.25) is 0 Å². The van der Waals surface area contributed by atoms with Gasteiger partial charge in [-0.05, 0) is 49.8 Å². The molecule has 0 aliphatic carbocycles. The van der Waals surface area contributed by atoms with Crippen LogP contribution >= 0.6 is 0 Å². The Morgan fingerprint density at radius 2 is 1.90 bits per heavy atom. The molecule has 2 aromatic rings. The summed E-state index contributed by atoms with van der Waals surface area (Å²) in [7, 11) is 0. The third-order valence-electron chi connectivity index (χ3n) is 4.09. The first-order valence-corrected chi connectivity index (χ1v) is 9.14. The van der Waals surface area contributed by atoms with Crippen LogP contribution in [0.15, 0.2) is 83.9 Å². The summed E-state index contributed by atoms with van der Waals surface area (Å²) in [4.78, 5) is 12.4. The Kier molecular flexibility index (Phi) is 8.03. The third-order valence-corrected chi connectivity index (χ3v) is 4.09. The number of benzene rings is 2. The molecule has 2 rings (SSSR count). The van der Waals surface area contributed by atoms with Crippen LogP contribution in [0.3, 0.4) is 0 Å². The Bertz CT molecular complexity index is 947. The van der Waals surface area contributed by atoms with E-state index in [4.69, 9.17) is 4.74 Å². The summed E-state index contributed by atoms with van der Waals surface area (Å²) in [6, 6.07) is 13.9. The summed E-state index contributed by atoms with van der Waals surface area (Å²) in [6.45, 7) is 3.42. The minimum atomic E-state index is -0.808. The maximum atomic E-state index is 13.4. The summed E-state index contributed by atoms with van der Waals surface area (Å²) in [5.74, 6) is -1.14. The SMILES string of the molecule is C/C=C(/C=C(O)\C(F)=C/C)C(=O)Nc1cccc(OCCc2ccccc2O)c1. The average molecular weight is 397 g/mol. The van der Waals surface area contributed by atoms with Crippen molar-refractivity contribution >= 4 is 11.6 Å². The molecule has 0 saturated carbocycles. The summed E-state index contributed by atoms with van der Waals surface area (Å²) >= 11 is 0. The van der Waals surface area contributed by atoms with Crippen molar-refractivity contribution in [1.82, 2.24) is 0 Å². The van der Waals surface area contributed by atoms with Crippen LogP contribution in [0.1, 0.15) is 19.4 Å². The Balaban J connectivity index is 1.99. The van der Waals surface area contributed by atoms with Gasteiger partial charge < -0.3 is 20.3 Å². The average Bonchev–Trinajstić information content (AvgIpc) is 2.72. The molecule has 152 valence electrons. The van der Waals surface area contributed by atoms with Crippen LogP contribution in [0, 0.1) is 0 Å². The lowest BCUT2D eigenvalue weighted by atomic mass is 10.1. The number of hydrogen-bond acceptors (Lipinski definition) is 4. The number of carbonyl (C=O) groups excluding carboxylic acids is 1. The first kappa shape index (κ1) is 21.8. The number of aliphatic hydroxyl groups excluding tert-OH is 1. The van der Waals surface area contributed by atoms with Crippen molar-refractivity contribution in [2.75, 3.05) is 11.9 Å². The van der Waals surface area contributed by atoms with Gasteiger partial charge in [-0.25, -0.2) is 4.39 Å². The van der Waals surface area contributed by atoms with Crippen LogP contribution < -0.4 is 10.1 Å². The van der Waals surface area contributed by atoms with E-state index in [1.54, 1.807) is 43.3 Å². The van der Waals surface area contributed by atoms with Crippen molar-refractivity contribution in [3.8, 4) is 11.5 Å². The Morgan fingerprint density at radius 3 is 2.59 bits per heavy atom. The summed E-state index contributed by atoms with van der Waals surface area (Å²) in [5.41, 5.74) is 1.40. The van der Waals surface area contributed by atoms with Crippen LogP contribution in [-0.4, -0.2) is 22.7 Å². The molecular formula is C23H24FNO4. The quantitative estimate of drug-likeness (QED) is 0.324. The summed E-state index contributed by atoms with van der Waals surface area (Å²) in [5, 5.41) is 22.1. The molecule has 2 aromatic carbocycles. The number of nitrogens with one attached hydrogen (secondary N) is 1. The number of halogens is 1.